The third-order valence-corrected chi connectivity index (χ3v) is 5.60. The summed E-state index contributed by atoms with van der Waals surface area (Å²) in [6.45, 7) is 4.25. The molecule has 0 aliphatic carbocycles. The number of thioether (sulfide) groups is 1. The zero-order valence-electron chi connectivity index (χ0n) is 12.7. The van der Waals surface area contributed by atoms with Crippen molar-refractivity contribution in [3.05, 3.63) is 17.5 Å². The van der Waals surface area contributed by atoms with Crippen molar-refractivity contribution in [2.45, 2.75) is 50.4 Å². The fraction of sp³-hybridized carbons (Fsp3) is 0.533. The molecular weight excluding hydrogens is 318 g/mol. The molecule has 1 fully saturated rings. The first-order valence-corrected chi connectivity index (χ1v) is 9.33. The Morgan fingerprint density at radius 3 is 2.86 bits per heavy atom. The van der Waals surface area contributed by atoms with Crippen LogP contribution in [0.2, 0.25) is 0 Å². The lowest BCUT2D eigenvalue weighted by Crippen LogP contribution is -2.48. The summed E-state index contributed by atoms with van der Waals surface area (Å²) < 4.78 is 5.60. The van der Waals surface area contributed by atoms with Crippen molar-refractivity contribution in [1.82, 2.24) is 15.1 Å². The summed E-state index contributed by atoms with van der Waals surface area (Å²) in [5.74, 6) is 1.02. The molecule has 0 bridgehead atoms. The Balaban J connectivity index is 1.59. The lowest BCUT2D eigenvalue weighted by atomic mass is 9.98. The zero-order valence-corrected chi connectivity index (χ0v) is 14.3. The fourth-order valence-electron chi connectivity index (χ4n) is 2.88. The Labute approximate surface area is 138 Å². The van der Waals surface area contributed by atoms with Crippen molar-refractivity contribution in [3.63, 3.8) is 0 Å². The van der Waals surface area contributed by atoms with E-state index < -0.39 is 0 Å². The van der Waals surface area contributed by atoms with E-state index >= 15 is 0 Å². The molecule has 0 N–H and O–H groups in total. The van der Waals surface area contributed by atoms with E-state index in [4.69, 9.17) is 4.42 Å². The van der Waals surface area contributed by atoms with Crippen LogP contribution in [0.15, 0.2) is 27.2 Å². The van der Waals surface area contributed by atoms with Gasteiger partial charge in [-0.05, 0) is 44.6 Å². The first-order valence-electron chi connectivity index (χ1n) is 7.46. The van der Waals surface area contributed by atoms with Gasteiger partial charge in [0.25, 0.3) is 11.1 Å². The van der Waals surface area contributed by atoms with Crippen LogP contribution < -0.4 is 0 Å². The number of hydrogen-bond acceptors (Lipinski definition) is 6. The van der Waals surface area contributed by atoms with E-state index in [1.807, 2.05) is 22.4 Å². The molecule has 0 aromatic carbocycles. The normalized spacial score (nSPS) is 22.0. The first-order chi connectivity index (χ1) is 10.6. The monoisotopic (exact) mass is 337 g/mol. The molecule has 3 heterocycles. The van der Waals surface area contributed by atoms with Gasteiger partial charge in [0.2, 0.25) is 5.91 Å². The predicted octanol–water partition coefficient (Wildman–Crippen LogP) is 3.68. The summed E-state index contributed by atoms with van der Waals surface area (Å²) in [6.07, 6.45) is 3.38. The van der Waals surface area contributed by atoms with Crippen molar-refractivity contribution < 1.29 is 9.21 Å². The van der Waals surface area contributed by atoms with E-state index in [-0.39, 0.29) is 5.91 Å². The molecule has 0 unspecified atom stereocenters. The van der Waals surface area contributed by atoms with Gasteiger partial charge >= 0.3 is 0 Å². The molecule has 0 spiro atoms. The van der Waals surface area contributed by atoms with Crippen LogP contribution in [0.1, 0.15) is 33.1 Å². The van der Waals surface area contributed by atoms with Crippen LogP contribution in [0.3, 0.4) is 0 Å². The molecule has 3 rings (SSSR count). The number of rotatable bonds is 4. The topological polar surface area (TPSA) is 59.2 Å². The molecule has 0 saturated carbocycles. The molecular formula is C15H19N3O2S2. The summed E-state index contributed by atoms with van der Waals surface area (Å²) in [4.78, 5) is 15.4. The number of nitrogens with zero attached hydrogens (tertiary/aromatic N) is 3. The molecule has 2 atom stereocenters. The van der Waals surface area contributed by atoms with Crippen LogP contribution >= 0.6 is 23.1 Å². The van der Waals surface area contributed by atoms with Gasteiger partial charge in [-0.3, -0.25) is 4.79 Å². The molecule has 1 saturated heterocycles. The molecule has 5 nitrogen and oxygen atoms in total. The lowest BCUT2D eigenvalue weighted by molar-refractivity contribution is -0.134. The van der Waals surface area contributed by atoms with Crippen molar-refractivity contribution >= 4 is 29.0 Å². The highest BCUT2D eigenvalue weighted by Gasteiger charge is 2.29. The number of amides is 1. The van der Waals surface area contributed by atoms with Crippen LogP contribution in [0.5, 0.6) is 0 Å². The molecule has 2 aromatic rings. The van der Waals surface area contributed by atoms with E-state index in [0.717, 1.165) is 17.7 Å². The Bertz CT molecular complexity index is 617. The van der Waals surface area contributed by atoms with Crippen molar-refractivity contribution in [2.75, 3.05) is 5.75 Å². The smallest absolute Gasteiger partial charge is 0.277 e. The average Bonchev–Trinajstić information content (AvgIpc) is 3.16. The number of hydrogen-bond donors (Lipinski definition) is 0. The minimum absolute atomic E-state index is 0.153. The second kappa shape index (κ2) is 6.83. The average molecular weight is 337 g/mol. The third-order valence-electron chi connectivity index (χ3n) is 3.94. The summed E-state index contributed by atoms with van der Waals surface area (Å²) in [6, 6.07) is 4.52. The van der Waals surface area contributed by atoms with Gasteiger partial charge < -0.3 is 9.32 Å². The van der Waals surface area contributed by atoms with E-state index in [9.17, 15) is 4.79 Å². The zero-order chi connectivity index (χ0) is 15.5. The Hall–Kier alpha value is -1.34. The van der Waals surface area contributed by atoms with Crippen LogP contribution in [-0.2, 0) is 4.79 Å². The van der Waals surface area contributed by atoms with Gasteiger partial charge in [0, 0.05) is 12.1 Å². The quantitative estimate of drug-likeness (QED) is 0.797. The van der Waals surface area contributed by atoms with Gasteiger partial charge in [-0.2, -0.15) is 0 Å². The lowest BCUT2D eigenvalue weighted by Gasteiger charge is -2.39. The molecule has 1 aliphatic rings. The maximum Gasteiger partial charge on any atom is 0.277 e. The first kappa shape index (κ1) is 15.6. The van der Waals surface area contributed by atoms with Crippen LogP contribution in [-0.4, -0.2) is 38.8 Å². The van der Waals surface area contributed by atoms with Crippen molar-refractivity contribution in [2.24, 2.45) is 0 Å². The van der Waals surface area contributed by atoms with Gasteiger partial charge in [-0.1, -0.05) is 17.8 Å². The predicted molar refractivity (Wildman–Crippen MR) is 88.0 cm³/mol. The highest BCUT2D eigenvalue weighted by molar-refractivity contribution is 7.99. The molecule has 7 heteroatoms. The standard InChI is InChI=1S/C15H19N3O2S2/c1-10-5-3-6-11(2)18(10)13(19)9-22-15-17-16-14(20-15)12-7-4-8-21-12/h4,7-8,10-11H,3,5-6,9H2,1-2H3/t10-,11-/m1/s1. The molecule has 1 amide bonds. The van der Waals surface area contributed by atoms with Crippen molar-refractivity contribution in [1.29, 1.82) is 0 Å². The second-order valence-electron chi connectivity index (χ2n) is 5.57. The second-order valence-corrected chi connectivity index (χ2v) is 7.44. The fourth-order valence-corrected chi connectivity index (χ4v) is 4.16. The van der Waals surface area contributed by atoms with Gasteiger partial charge in [-0.25, -0.2) is 0 Å². The van der Waals surface area contributed by atoms with Gasteiger partial charge in [0.15, 0.2) is 0 Å². The van der Waals surface area contributed by atoms with Crippen LogP contribution in [0, 0.1) is 0 Å². The molecule has 2 aromatic heterocycles. The molecule has 118 valence electrons. The minimum Gasteiger partial charge on any atom is -0.410 e. The number of carbonyl (C=O) groups is 1. The molecule has 0 radical (unpaired) electrons. The summed E-state index contributed by atoms with van der Waals surface area (Å²) in [5.41, 5.74) is 0. The number of aromatic nitrogens is 2. The van der Waals surface area contributed by atoms with E-state index in [0.29, 0.717) is 29.0 Å². The van der Waals surface area contributed by atoms with E-state index in [2.05, 4.69) is 24.0 Å². The largest absolute Gasteiger partial charge is 0.410 e. The third kappa shape index (κ3) is 3.35. The Morgan fingerprint density at radius 2 is 2.18 bits per heavy atom. The number of likely N-dealkylation sites (tertiary alicyclic amines) is 1. The van der Waals surface area contributed by atoms with Gasteiger partial charge in [0.1, 0.15) is 0 Å². The number of piperidine rings is 1. The van der Waals surface area contributed by atoms with E-state index in [1.54, 1.807) is 11.3 Å². The van der Waals surface area contributed by atoms with Crippen molar-refractivity contribution in [3.8, 4) is 10.8 Å². The maximum absolute atomic E-state index is 12.4. The molecule has 1 aliphatic heterocycles. The minimum atomic E-state index is 0.153. The summed E-state index contributed by atoms with van der Waals surface area (Å²) >= 11 is 2.87. The number of thiophene rings is 1. The Morgan fingerprint density at radius 1 is 1.41 bits per heavy atom. The number of carbonyl (C=O) groups excluding carboxylic acids is 1. The van der Waals surface area contributed by atoms with E-state index in [1.165, 1.54) is 18.2 Å². The van der Waals surface area contributed by atoms with Crippen LogP contribution in [0.25, 0.3) is 10.8 Å². The van der Waals surface area contributed by atoms with Crippen LogP contribution in [0.4, 0.5) is 0 Å². The van der Waals surface area contributed by atoms with Gasteiger partial charge in [-0.15, -0.1) is 21.5 Å². The molecule has 22 heavy (non-hydrogen) atoms. The highest BCUT2D eigenvalue weighted by atomic mass is 32.2. The Kier molecular flexibility index (Phi) is 4.83. The summed E-state index contributed by atoms with van der Waals surface area (Å²) in [7, 11) is 0. The summed E-state index contributed by atoms with van der Waals surface area (Å²) in [5, 5.41) is 10.5. The maximum atomic E-state index is 12.4. The highest BCUT2D eigenvalue weighted by Crippen LogP contribution is 2.28. The van der Waals surface area contributed by atoms with Gasteiger partial charge in [0.05, 0.1) is 10.6 Å². The SMILES string of the molecule is C[C@@H]1CCC[C@@H](C)N1C(=O)CSc1nnc(-c2cccs2)o1.